The topological polar surface area (TPSA) is 68.1 Å². The molecule has 8 heteroatoms. The lowest BCUT2D eigenvalue weighted by atomic mass is 10.1. The van der Waals surface area contributed by atoms with Crippen LogP contribution in [0, 0.1) is 6.92 Å². The highest BCUT2D eigenvalue weighted by Gasteiger charge is 2.36. The number of rotatable bonds is 4. The molecule has 1 fully saturated rings. The van der Waals surface area contributed by atoms with Crippen LogP contribution < -0.4 is 0 Å². The predicted octanol–water partition coefficient (Wildman–Crippen LogP) is 1.59. The van der Waals surface area contributed by atoms with E-state index in [0.717, 1.165) is 23.4 Å². The van der Waals surface area contributed by atoms with E-state index in [1.807, 2.05) is 37.3 Å². The van der Waals surface area contributed by atoms with Crippen LogP contribution >= 0.6 is 12.6 Å². The lowest BCUT2D eigenvalue weighted by Gasteiger charge is -2.22. The average Bonchev–Trinajstić information content (AvgIpc) is 3.04. The van der Waals surface area contributed by atoms with Crippen LogP contribution in [0.25, 0.3) is 11.3 Å². The largest absolute Gasteiger partial charge is 0.247 e. The van der Waals surface area contributed by atoms with Crippen LogP contribution in [0.15, 0.2) is 30.3 Å². The number of aromatic nitrogens is 3. The van der Waals surface area contributed by atoms with Crippen molar-refractivity contribution in [3.63, 3.8) is 0 Å². The third kappa shape index (κ3) is 3.44. The zero-order valence-electron chi connectivity index (χ0n) is 13.1. The second-order valence-electron chi connectivity index (χ2n) is 5.95. The molecule has 0 bridgehead atoms. The molecule has 0 unspecified atom stereocenters. The summed E-state index contributed by atoms with van der Waals surface area (Å²) in [6, 6.07) is 9.73. The molecule has 1 aliphatic heterocycles. The summed E-state index contributed by atoms with van der Waals surface area (Å²) in [7, 11) is -3.24. The van der Waals surface area contributed by atoms with E-state index >= 15 is 0 Å². The zero-order chi connectivity index (χ0) is 16.6. The fourth-order valence-corrected chi connectivity index (χ4v) is 4.71. The Morgan fingerprint density at radius 3 is 2.65 bits per heavy atom. The second-order valence-corrected chi connectivity index (χ2v) is 8.61. The lowest BCUT2D eigenvalue weighted by molar-refractivity contribution is 0.338. The summed E-state index contributed by atoms with van der Waals surface area (Å²) < 4.78 is 27.2. The molecule has 2 atom stereocenters. The number of thiol groups is 1. The van der Waals surface area contributed by atoms with Crippen molar-refractivity contribution in [2.75, 3.05) is 12.8 Å². The van der Waals surface area contributed by atoms with Gasteiger partial charge in [0.2, 0.25) is 10.0 Å². The molecule has 3 rings (SSSR count). The van der Waals surface area contributed by atoms with E-state index in [0.29, 0.717) is 13.1 Å². The SMILES string of the molecule is Cc1c(-c2ccccc2)nnn1C[C@@H]1C[C@@H](S)CN1S(C)(=O)=O. The third-order valence-corrected chi connectivity index (χ3v) is 5.85. The van der Waals surface area contributed by atoms with Gasteiger partial charge in [0.25, 0.3) is 0 Å². The summed E-state index contributed by atoms with van der Waals surface area (Å²) in [5, 5.41) is 8.54. The first-order valence-corrected chi connectivity index (χ1v) is 9.83. The summed E-state index contributed by atoms with van der Waals surface area (Å²) in [6.45, 7) is 2.90. The minimum Gasteiger partial charge on any atom is -0.247 e. The highest BCUT2D eigenvalue weighted by Crippen LogP contribution is 2.27. The summed E-state index contributed by atoms with van der Waals surface area (Å²) in [5.74, 6) is 0. The summed E-state index contributed by atoms with van der Waals surface area (Å²) in [6.07, 6.45) is 1.96. The van der Waals surface area contributed by atoms with Gasteiger partial charge in [-0.1, -0.05) is 35.5 Å². The number of benzene rings is 1. The number of nitrogens with zero attached hydrogens (tertiary/aromatic N) is 4. The van der Waals surface area contributed by atoms with E-state index in [1.54, 1.807) is 4.68 Å². The van der Waals surface area contributed by atoms with Crippen molar-refractivity contribution in [2.24, 2.45) is 0 Å². The van der Waals surface area contributed by atoms with Gasteiger partial charge in [-0.3, -0.25) is 0 Å². The van der Waals surface area contributed by atoms with E-state index in [4.69, 9.17) is 0 Å². The van der Waals surface area contributed by atoms with Crippen LogP contribution in [0.3, 0.4) is 0 Å². The molecule has 0 radical (unpaired) electrons. The fourth-order valence-electron chi connectivity index (χ4n) is 3.03. The lowest BCUT2D eigenvalue weighted by Crippen LogP contribution is -2.37. The van der Waals surface area contributed by atoms with Gasteiger partial charge in [0.15, 0.2) is 0 Å². The van der Waals surface area contributed by atoms with Gasteiger partial charge in [0.05, 0.1) is 18.5 Å². The van der Waals surface area contributed by atoms with E-state index in [9.17, 15) is 8.42 Å². The van der Waals surface area contributed by atoms with Gasteiger partial charge >= 0.3 is 0 Å². The first-order valence-electron chi connectivity index (χ1n) is 7.46. The Kier molecular flexibility index (Phi) is 4.48. The Morgan fingerprint density at radius 1 is 1.30 bits per heavy atom. The van der Waals surface area contributed by atoms with Crippen LogP contribution in [0.2, 0.25) is 0 Å². The van der Waals surface area contributed by atoms with Gasteiger partial charge in [0.1, 0.15) is 5.69 Å². The molecule has 1 aromatic heterocycles. The van der Waals surface area contributed by atoms with Crippen LogP contribution in [-0.2, 0) is 16.6 Å². The smallest absolute Gasteiger partial charge is 0.211 e. The summed E-state index contributed by atoms with van der Waals surface area (Å²) in [5.41, 5.74) is 2.78. The Morgan fingerprint density at radius 2 is 2.00 bits per heavy atom. The molecule has 1 saturated heterocycles. The molecular formula is C15H20N4O2S2. The van der Waals surface area contributed by atoms with Crippen molar-refractivity contribution in [1.29, 1.82) is 0 Å². The molecule has 2 heterocycles. The molecule has 2 aromatic rings. The number of hydrogen-bond donors (Lipinski definition) is 1. The second kappa shape index (κ2) is 6.26. The maximum atomic E-state index is 11.9. The fraction of sp³-hybridized carbons (Fsp3) is 0.467. The van der Waals surface area contributed by atoms with Crippen molar-refractivity contribution in [1.82, 2.24) is 19.3 Å². The first kappa shape index (κ1) is 16.5. The van der Waals surface area contributed by atoms with E-state index in [1.165, 1.54) is 10.6 Å². The minimum absolute atomic E-state index is 0.0622. The molecule has 124 valence electrons. The minimum atomic E-state index is -3.24. The molecule has 0 N–H and O–H groups in total. The highest BCUT2D eigenvalue weighted by atomic mass is 32.2. The van der Waals surface area contributed by atoms with Crippen molar-refractivity contribution in [2.45, 2.75) is 31.2 Å². The molecule has 0 spiro atoms. The van der Waals surface area contributed by atoms with Crippen LogP contribution in [0.5, 0.6) is 0 Å². The van der Waals surface area contributed by atoms with Gasteiger partial charge in [-0.15, -0.1) is 5.10 Å². The van der Waals surface area contributed by atoms with Crippen LogP contribution in [0.1, 0.15) is 12.1 Å². The predicted molar refractivity (Wildman–Crippen MR) is 92.9 cm³/mol. The Hall–Kier alpha value is -1.38. The molecule has 6 nitrogen and oxygen atoms in total. The van der Waals surface area contributed by atoms with Gasteiger partial charge < -0.3 is 0 Å². The van der Waals surface area contributed by atoms with Crippen LogP contribution in [-0.4, -0.2) is 51.8 Å². The molecule has 1 aliphatic rings. The van der Waals surface area contributed by atoms with Crippen molar-refractivity contribution < 1.29 is 8.42 Å². The monoisotopic (exact) mass is 352 g/mol. The molecule has 23 heavy (non-hydrogen) atoms. The molecule has 0 saturated carbocycles. The van der Waals surface area contributed by atoms with E-state index in [2.05, 4.69) is 22.9 Å². The van der Waals surface area contributed by atoms with Gasteiger partial charge in [-0.25, -0.2) is 13.1 Å². The normalized spacial score (nSPS) is 22.6. The summed E-state index contributed by atoms with van der Waals surface area (Å²) >= 11 is 4.45. The quantitative estimate of drug-likeness (QED) is 0.849. The summed E-state index contributed by atoms with van der Waals surface area (Å²) in [4.78, 5) is 0. The third-order valence-electron chi connectivity index (χ3n) is 4.18. The Bertz CT molecular complexity index is 789. The van der Waals surface area contributed by atoms with Gasteiger partial charge in [-0.2, -0.15) is 16.9 Å². The molecular weight excluding hydrogens is 332 g/mol. The van der Waals surface area contributed by atoms with Crippen molar-refractivity contribution >= 4 is 22.7 Å². The van der Waals surface area contributed by atoms with Gasteiger partial charge in [-0.05, 0) is 13.3 Å². The number of hydrogen-bond acceptors (Lipinski definition) is 5. The average molecular weight is 352 g/mol. The maximum Gasteiger partial charge on any atom is 0.211 e. The van der Waals surface area contributed by atoms with Gasteiger partial charge in [0, 0.05) is 23.4 Å². The maximum absolute atomic E-state index is 11.9. The van der Waals surface area contributed by atoms with E-state index < -0.39 is 10.0 Å². The van der Waals surface area contributed by atoms with Crippen LogP contribution in [0.4, 0.5) is 0 Å². The standard InChI is InChI=1S/C15H20N4O2S2/c1-11-15(12-6-4-3-5-7-12)16-17-18(11)9-13-8-14(22)10-19(13)23(2,20)21/h3-7,13-14,22H,8-10H2,1-2H3/t13-,14+/m0/s1. The first-order chi connectivity index (χ1) is 10.9. The van der Waals surface area contributed by atoms with Crippen molar-refractivity contribution in [3.05, 3.63) is 36.0 Å². The molecule has 1 aromatic carbocycles. The molecule has 0 amide bonds. The zero-order valence-corrected chi connectivity index (χ0v) is 14.8. The van der Waals surface area contributed by atoms with Crippen molar-refractivity contribution in [3.8, 4) is 11.3 Å². The Labute approximate surface area is 142 Å². The molecule has 0 aliphatic carbocycles. The van der Waals surface area contributed by atoms with E-state index in [-0.39, 0.29) is 11.3 Å². The highest BCUT2D eigenvalue weighted by molar-refractivity contribution is 7.88. The Balaban J connectivity index is 1.85. The number of sulfonamides is 1.